The molecule has 0 fully saturated rings. The molecule has 0 radical (unpaired) electrons. The fraction of sp³-hybridized carbons (Fsp3) is 0.308. The van der Waals surface area contributed by atoms with Crippen LogP contribution < -0.4 is 5.43 Å². The maximum absolute atomic E-state index is 11.5. The Kier molecular flexibility index (Phi) is 4.44. The summed E-state index contributed by atoms with van der Waals surface area (Å²) in [5.41, 5.74) is 2.38. The smallest absolute Gasteiger partial charge is 0.433 e. The Labute approximate surface area is 130 Å². The number of furan rings is 1. The van der Waals surface area contributed by atoms with Gasteiger partial charge in [0, 0.05) is 11.8 Å². The molecule has 23 heavy (non-hydrogen) atoms. The van der Waals surface area contributed by atoms with Crippen LogP contribution in [0.5, 0.6) is 0 Å². The molecule has 2 heterocycles. The maximum atomic E-state index is 11.5. The summed E-state index contributed by atoms with van der Waals surface area (Å²) in [5, 5.41) is 20.9. The standard InChI is InChI=1S/C13H15N5O5/c1-13(2,3)23-12(19)17-15-7-8-6-14-16-11(8)9-4-5-10(22-9)18(20)21/h4-7H,1-3H3,(H,14,16)(H,17,19)/b15-7+. The van der Waals surface area contributed by atoms with Crippen molar-refractivity contribution in [3.8, 4) is 11.5 Å². The zero-order valence-electron chi connectivity index (χ0n) is 12.7. The summed E-state index contributed by atoms with van der Waals surface area (Å²) >= 11 is 0. The van der Waals surface area contributed by atoms with Gasteiger partial charge in [-0.05, 0) is 26.8 Å². The van der Waals surface area contributed by atoms with E-state index in [-0.39, 0.29) is 5.76 Å². The number of amides is 1. The minimum Gasteiger partial charge on any atom is -0.443 e. The van der Waals surface area contributed by atoms with E-state index in [0.717, 1.165) is 0 Å². The molecule has 2 N–H and O–H groups in total. The van der Waals surface area contributed by atoms with Crippen molar-refractivity contribution in [2.75, 3.05) is 0 Å². The van der Waals surface area contributed by atoms with Crippen LogP contribution in [0.2, 0.25) is 0 Å². The number of carbonyl (C=O) groups excluding carboxylic acids is 1. The molecule has 0 aliphatic rings. The number of nitrogens with zero attached hydrogens (tertiary/aromatic N) is 3. The van der Waals surface area contributed by atoms with Crippen molar-refractivity contribution in [2.45, 2.75) is 26.4 Å². The van der Waals surface area contributed by atoms with Gasteiger partial charge in [-0.3, -0.25) is 15.2 Å². The van der Waals surface area contributed by atoms with Crippen LogP contribution in [0.4, 0.5) is 10.7 Å². The third kappa shape index (κ3) is 4.40. The second kappa shape index (κ2) is 6.30. The Balaban J connectivity index is 2.07. The molecule has 2 rings (SSSR count). The number of H-pyrrole nitrogens is 1. The lowest BCUT2D eigenvalue weighted by Gasteiger charge is -2.18. The number of rotatable bonds is 4. The van der Waals surface area contributed by atoms with Crippen LogP contribution in [0.15, 0.2) is 27.8 Å². The highest BCUT2D eigenvalue weighted by Crippen LogP contribution is 2.26. The molecule has 0 saturated heterocycles. The van der Waals surface area contributed by atoms with E-state index in [2.05, 4.69) is 20.7 Å². The summed E-state index contributed by atoms with van der Waals surface area (Å²) in [4.78, 5) is 21.4. The van der Waals surface area contributed by atoms with Crippen molar-refractivity contribution in [3.63, 3.8) is 0 Å². The molecule has 0 unspecified atom stereocenters. The van der Waals surface area contributed by atoms with E-state index in [1.54, 1.807) is 20.8 Å². The van der Waals surface area contributed by atoms with Crippen LogP contribution in [0.1, 0.15) is 26.3 Å². The van der Waals surface area contributed by atoms with Gasteiger partial charge in [0.1, 0.15) is 16.2 Å². The lowest BCUT2D eigenvalue weighted by molar-refractivity contribution is -0.401. The van der Waals surface area contributed by atoms with Crippen molar-refractivity contribution < 1.29 is 18.9 Å². The summed E-state index contributed by atoms with van der Waals surface area (Å²) in [6.07, 6.45) is 2.12. The van der Waals surface area contributed by atoms with Gasteiger partial charge in [0.05, 0.1) is 12.3 Å². The Morgan fingerprint density at radius 3 is 2.87 bits per heavy atom. The third-order valence-electron chi connectivity index (χ3n) is 2.43. The van der Waals surface area contributed by atoms with Crippen molar-refractivity contribution in [1.82, 2.24) is 15.6 Å². The lowest BCUT2D eigenvalue weighted by atomic mass is 10.2. The van der Waals surface area contributed by atoms with Crippen LogP contribution >= 0.6 is 0 Å². The second-order valence-corrected chi connectivity index (χ2v) is 5.46. The average molecular weight is 321 g/mol. The molecule has 0 atom stereocenters. The Bertz CT molecular complexity index is 740. The first-order chi connectivity index (χ1) is 10.8. The SMILES string of the molecule is CC(C)(C)OC(=O)N/N=C/c1c[nH]nc1-c1ccc([N+](=O)[O-])o1. The van der Waals surface area contributed by atoms with Crippen LogP contribution in [0, 0.1) is 10.1 Å². The summed E-state index contributed by atoms with van der Waals surface area (Å²) in [7, 11) is 0. The van der Waals surface area contributed by atoms with Gasteiger partial charge in [-0.1, -0.05) is 0 Å². The zero-order chi connectivity index (χ0) is 17.0. The first-order valence-corrected chi connectivity index (χ1v) is 6.57. The van der Waals surface area contributed by atoms with Gasteiger partial charge in [-0.2, -0.15) is 10.2 Å². The van der Waals surface area contributed by atoms with Gasteiger partial charge in [0.25, 0.3) is 0 Å². The molecule has 2 aromatic rings. The molecule has 0 aliphatic heterocycles. The van der Waals surface area contributed by atoms with Gasteiger partial charge in [-0.25, -0.2) is 10.2 Å². The lowest BCUT2D eigenvalue weighted by Crippen LogP contribution is -2.29. The number of aromatic amines is 1. The summed E-state index contributed by atoms with van der Waals surface area (Å²) in [6, 6.07) is 2.65. The third-order valence-corrected chi connectivity index (χ3v) is 2.43. The molecule has 0 spiro atoms. The van der Waals surface area contributed by atoms with Crippen molar-refractivity contribution in [2.24, 2.45) is 5.10 Å². The van der Waals surface area contributed by atoms with Crippen LogP contribution in [-0.4, -0.2) is 33.0 Å². The van der Waals surface area contributed by atoms with Crippen molar-refractivity contribution >= 4 is 18.2 Å². The monoisotopic (exact) mass is 321 g/mol. The first-order valence-electron chi connectivity index (χ1n) is 6.57. The molecule has 10 nitrogen and oxygen atoms in total. The molecule has 0 aliphatic carbocycles. The van der Waals surface area contributed by atoms with E-state index < -0.39 is 22.5 Å². The molecule has 1 amide bonds. The van der Waals surface area contributed by atoms with Gasteiger partial charge >= 0.3 is 12.0 Å². The highest BCUT2D eigenvalue weighted by molar-refractivity contribution is 5.88. The average Bonchev–Trinajstić information content (AvgIpc) is 3.03. The first kappa shape index (κ1) is 16.2. The highest BCUT2D eigenvalue weighted by atomic mass is 16.6. The molecule has 122 valence electrons. The number of hydrogen-bond donors (Lipinski definition) is 2. The second-order valence-electron chi connectivity index (χ2n) is 5.46. The molecule has 0 bridgehead atoms. The number of hydrogen-bond acceptors (Lipinski definition) is 7. The quantitative estimate of drug-likeness (QED) is 0.504. The van der Waals surface area contributed by atoms with E-state index >= 15 is 0 Å². The van der Waals surface area contributed by atoms with E-state index in [0.29, 0.717) is 11.3 Å². The number of ether oxygens (including phenoxy) is 1. The Morgan fingerprint density at radius 1 is 1.52 bits per heavy atom. The molecule has 0 saturated carbocycles. The van der Waals surface area contributed by atoms with Gasteiger partial charge in [-0.15, -0.1) is 0 Å². The summed E-state index contributed by atoms with van der Waals surface area (Å²) < 4.78 is 10.1. The normalized spacial score (nSPS) is 11.6. The molecule has 2 aromatic heterocycles. The largest absolute Gasteiger partial charge is 0.443 e. The van der Waals surface area contributed by atoms with Crippen LogP contribution in [0.3, 0.4) is 0 Å². The highest BCUT2D eigenvalue weighted by Gasteiger charge is 2.17. The molecule has 0 aromatic carbocycles. The number of aromatic nitrogens is 2. The van der Waals surface area contributed by atoms with E-state index in [1.165, 1.54) is 24.5 Å². The predicted molar refractivity (Wildman–Crippen MR) is 79.9 cm³/mol. The number of nitrogens with one attached hydrogen (secondary N) is 2. The molecular formula is C13H15N5O5. The number of nitro groups is 1. The van der Waals surface area contributed by atoms with Gasteiger partial charge in [0.2, 0.25) is 0 Å². The zero-order valence-corrected chi connectivity index (χ0v) is 12.7. The summed E-state index contributed by atoms with van der Waals surface area (Å²) in [6.45, 7) is 5.19. The van der Waals surface area contributed by atoms with Crippen LogP contribution in [-0.2, 0) is 4.74 Å². The van der Waals surface area contributed by atoms with E-state index in [9.17, 15) is 14.9 Å². The van der Waals surface area contributed by atoms with Crippen LogP contribution in [0.25, 0.3) is 11.5 Å². The number of carbonyl (C=O) groups is 1. The summed E-state index contributed by atoms with van der Waals surface area (Å²) in [5.74, 6) is -0.186. The fourth-order valence-corrected chi connectivity index (χ4v) is 1.60. The van der Waals surface area contributed by atoms with E-state index in [4.69, 9.17) is 9.15 Å². The fourth-order valence-electron chi connectivity index (χ4n) is 1.60. The van der Waals surface area contributed by atoms with Crippen molar-refractivity contribution in [1.29, 1.82) is 0 Å². The maximum Gasteiger partial charge on any atom is 0.433 e. The minimum atomic E-state index is -0.701. The molecular weight excluding hydrogens is 306 g/mol. The number of hydrazone groups is 1. The van der Waals surface area contributed by atoms with Gasteiger partial charge in [0.15, 0.2) is 5.76 Å². The molecule has 10 heteroatoms. The predicted octanol–water partition coefficient (Wildman–Crippen LogP) is 2.44. The Morgan fingerprint density at radius 2 is 2.26 bits per heavy atom. The van der Waals surface area contributed by atoms with E-state index in [1.807, 2.05) is 0 Å². The Hall–Kier alpha value is -3.17. The van der Waals surface area contributed by atoms with Gasteiger partial charge < -0.3 is 9.15 Å². The minimum absolute atomic E-state index is 0.205. The topological polar surface area (TPSA) is 136 Å². The van der Waals surface area contributed by atoms with Crippen molar-refractivity contribution in [3.05, 3.63) is 34.0 Å².